The van der Waals surface area contributed by atoms with E-state index in [1.165, 1.54) is 16.3 Å². The summed E-state index contributed by atoms with van der Waals surface area (Å²) in [5.41, 5.74) is 1.37. The zero-order valence-electron chi connectivity index (χ0n) is 16.0. The van der Waals surface area contributed by atoms with Gasteiger partial charge in [0, 0.05) is 19.3 Å². The van der Waals surface area contributed by atoms with E-state index in [1.807, 2.05) is 26.0 Å². The molecule has 7 nitrogen and oxygen atoms in total. The highest BCUT2D eigenvalue weighted by Gasteiger charge is 2.16. The fraction of sp³-hybridized carbons (Fsp3) is 0.300. The number of aromatic nitrogens is 3. The SMILES string of the molecule is COCC(C)NC(=O)CSc1nc2ccccc2c(=O)n1-c1ccc(C)cn1. The van der Waals surface area contributed by atoms with Crippen LogP contribution in [0.25, 0.3) is 16.7 Å². The topological polar surface area (TPSA) is 86.1 Å². The number of amides is 1. The Hall–Kier alpha value is -2.71. The van der Waals surface area contributed by atoms with Gasteiger partial charge in [0.15, 0.2) is 5.16 Å². The van der Waals surface area contributed by atoms with E-state index in [4.69, 9.17) is 4.74 Å². The second kappa shape index (κ2) is 8.99. The Morgan fingerprint density at radius 3 is 2.79 bits per heavy atom. The fourth-order valence-electron chi connectivity index (χ4n) is 2.74. The summed E-state index contributed by atoms with van der Waals surface area (Å²) in [7, 11) is 1.59. The van der Waals surface area contributed by atoms with Gasteiger partial charge in [-0.15, -0.1) is 0 Å². The third kappa shape index (κ3) is 4.58. The van der Waals surface area contributed by atoms with Crippen LogP contribution < -0.4 is 10.9 Å². The smallest absolute Gasteiger partial charge is 0.267 e. The molecule has 0 radical (unpaired) electrons. The lowest BCUT2D eigenvalue weighted by molar-refractivity contribution is -0.119. The predicted octanol–water partition coefficient (Wildman–Crippen LogP) is 2.33. The molecule has 28 heavy (non-hydrogen) atoms. The number of nitrogens with one attached hydrogen (secondary N) is 1. The van der Waals surface area contributed by atoms with Crippen molar-refractivity contribution in [1.29, 1.82) is 0 Å². The molecule has 1 unspecified atom stereocenters. The van der Waals surface area contributed by atoms with Crippen molar-refractivity contribution >= 4 is 28.6 Å². The molecule has 2 heterocycles. The third-order valence-corrected chi connectivity index (χ3v) is 4.96. The first kappa shape index (κ1) is 20.0. The molecule has 8 heteroatoms. The monoisotopic (exact) mass is 398 g/mol. The van der Waals surface area contributed by atoms with Gasteiger partial charge in [0.2, 0.25) is 5.91 Å². The number of rotatable bonds is 7. The summed E-state index contributed by atoms with van der Waals surface area (Å²) in [6.07, 6.45) is 1.70. The number of hydrogen-bond acceptors (Lipinski definition) is 6. The number of fused-ring (bicyclic) bond motifs is 1. The molecule has 0 spiro atoms. The largest absolute Gasteiger partial charge is 0.383 e. The summed E-state index contributed by atoms with van der Waals surface area (Å²) in [4.78, 5) is 34.3. The minimum absolute atomic E-state index is 0.0939. The maximum absolute atomic E-state index is 13.1. The predicted molar refractivity (Wildman–Crippen MR) is 110 cm³/mol. The van der Waals surface area contributed by atoms with E-state index in [9.17, 15) is 9.59 Å². The number of methoxy groups -OCH3 is 1. The molecular formula is C20H22N4O3S. The maximum atomic E-state index is 13.1. The first-order valence-corrected chi connectivity index (χ1v) is 9.84. The minimum atomic E-state index is -0.211. The number of aryl methyl sites for hydroxylation is 1. The lowest BCUT2D eigenvalue weighted by Crippen LogP contribution is -2.36. The average molecular weight is 398 g/mol. The van der Waals surface area contributed by atoms with Crippen LogP contribution in [-0.4, -0.2) is 46.0 Å². The van der Waals surface area contributed by atoms with Gasteiger partial charge in [0.1, 0.15) is 5.82 Å². The van der Waals surface area contributed by atoms with E-state index in [-0.39, 0.29) is 23.3 Å². The highest BCUT2D eigenvalue weighted by molar-refractivity contribution is 7.99. The molecule has 1 atom stereocenters. The molecule has 1 N–H and O–H groups in total. The molecule has 0 fully saturated rings. The number of benzene rings is 1. The van der Waals surface area contributed by atoms with Crippen molar-refractivity contribution in [2.24, 2.45) is 0 Å². The summed E-state index contributed by atoms with van der Waals surface area (Å²) in [6.45, 7) is 4.23. The Labute approximate surface area is 167 Å². The number of pyridine rings is 1. The first-order chi connectivity index (χ1) is 13.5. The second-order valence-corrected chi connectivity index (χ2v) is 7.40. The van der Waals surface area contributed by atoms with Gasteiger partial charge in [0.05, 0.1) is 23.3 Å². The molecule has 1 amide bonds. The second-order valence-electron chi connectivity index (χ2n) is 6.46. The normalized spacial score (nSPS) is 12.1. The highest BCUT2D eigenvalue weighted by Crippen LogP contribution is 2.20. The lowest BCUT2D eigenvalue weighted by atomic mass is 10.2. The van der Waals surface area contributed by atoms with Gasteiger partial charge >= 0.3 is 0 Å². The van der Waals surface area contributed by atoms with E-state index in [1.54, 1.807) is 37.6 Å². The van der Waals surface area contributed by atoms with Crippen LogP contribution in [0, 0.1) is 6.92 Å². The third-order valence-electron chi connectivity index (χ3n) is 4.03. The Balaban J connectivity index is 1.96. The molecular weight excluding hydrogens is 376 g/mol. The van der Waals surface area contributed by atoms with Crippen molar-refractivity contribution < 1.29 is 9.53 Å². The summed E-state index contributed by atoms with van der Waals surface area (Å²) < 4.78 is 6.49. The van der Waals surface area contributed by atoms with Gasteiger partial charge in [-0.3, -0.25) is 9.59 Å². The van der Waals surface area contributed by atoms with Crippen LogP contribution in [0.3, 0.4) is 0 Å². The molecule has 3 rings (SSSR count). The summed E-state index contributed by atoms with van der Waals surface area (Å²) in [6, 6.07) is 10.7. The number of ether oxygens (including phenoxy) is 1. The zero-order chi connectivity index (χ0) is 20.1. The van der Waals surface area contributed by atoms with Crippen LogP contribution in [0.5, 0.6) is 0 Å². The van der Waals surface area contributed by atoms with Gasteiger partial charge in [-0.25, -0.2) is 14.5 Å². The zero-order valence-corrected chi connectivity index (χ0v) is 16.8. The van der Waals surface area contributed by atoms with Crippen molar-refractivity contribution in [3.63, 3.8) is 0 Å². The Kier molecular flexibility index (Phi) is 6.43. The van der Waals surface area contributed by atoms with Gasteiger partial charge in [-0.2, -0.15) is 0 Å². The van der Waals surface area contributed by atoms with Crippen molar-refractivity contribution in [3.05, 3.63) is 58.5 Å². The molecule has 0 bridgehead atoms. The van der Waals surface area contributed by atoms with Gasteiger partial charge in [-0.05, 0) is 37.6 Å². The van der Waals surface area contributed by atoms with Gasteiger partial charge in [-0.1, -0.05) is 30.0 Å². The fourth-order valence-corrected chi connectivity index (χ4v) is 3.55. The first-order valence-electron chi connectivity index (χ1n) is 8.85. The van der Waals surface area contributed by atoms with Crippen molar-refractivity contribution in [2.75, 3.05) is 19.5 Å². The molecule has 0 saturated heterocycles. The van der Waals surface area contributed by atoms with Crippen molar-refractivity contribution in [1.82, 2.24) is 19.9 Å². The van der Waals surface area contributed by atoms with Crippen molar-refractivity contribution in [2.45, 2.75) is 25.0 Å². The van der Waals surface area contributed by atoms with Crippen LogP contribution in [0.15, 0.2) is 52.5 Å². The summed E-state index contributed by atoms with van der Waals surface area (Å²) >= 11 is 1.20. The van der Waals surface area contributed by atoms with Crippen LogP contribution in [-0.2, 0) is 9.53 Å². The molecule has 0 aliphatic rings. The van der Waals surface area contributed by atoms with Crippen LogP contribution in [0.2, 0.25) is 0 Å². The summed E-state index contributed by atoms with van der Waals surface area (Å²) in [5.74, 6) is 0.454. The van der Waals surface area contributed by atoms with E-state index >= 15 is 0 Å². The van der Waals surface area contributed by atoms with E-state index < -0.39 is 0 Å². The minimum Gasteiger partial charge on any atom is -0.383 e. The number of para-hydroxylation sites is 1. The van der Waals surface area contributed by atoms with E-state index in [0.29, 0.717) is 28.5 Å². The number of carbonyl (C=O) groups excluding carboxylic acids is 1. The van der Waals surface area contributed by atoms with Gasteiger partial charge in [0.25, 0.3) is 5.56 Å². The highest BCUT2D eigenvalue weighted by atomic mass is 32.2. The van der Waals surface area contributed by atoms with E-state index in [0.717, 1.165) is 5.56 Å². The van der Waals surface area contributed by atoms with Crippen LogP contribution in [0.4, 0.5) is 0 Å². The number of carbonyl (C=O) groups is 1. The lowest BCUT2D eigenvalue weighted by Gasteiger charge is -2.14. The number of hydrogen-bond donors (Lipinski definition) is 1. The van der Waals surface area contributed by atoms with Crippen molar-refractivity contribution in [3.8, 4) is 5.82 Å². The molecule has 2 aromatic heterocycles. The number of nitrogens with zero attached hydrogens (tertiary/aromatic N) is 3. The molecule has 0 aliphatic heterocycles. The molecule has 0 aliphatic carbocycles. The standard InChI is InChI=1S/C20H22N4O3S/c1-13-8-9-17(21-10-13)24-19(26)15-6-4-5-7-16(15)23-20(24)28-12-18(25)22-14(2)11-27-3/h4-10,14H,11-12H2,1-3H3,(H,22,25). The maximum Gasteiger partial charge on any atom is 0.267 e. The molecule has 0 saturated carbocycles. The molecule has 3 aromatic rings. The van der Waals surface area contributed by atoms with Gasteiger partial charge < -0.3 is 10.1 Å². The average Bonchev–Trinajstić information content (AvgIpc) is 2.68. The summed E-state index contributed by atoms with van der Waals surface area (Å²) in [5, 5.41) is 3.79. The quantitative estimate of drug-likeness (QED) is 0.486. The number of thioether (sulfide) groups is 1. The van der Waals surface area contributed by atoms with E-state index in [2.05, 4.69) is 15.3 Å². The molecule has 146 valence electrons. The Morgan fingerprint density at radius 1 is 1.29 bits per heavy atom. The molecule has 1 aromatic carbocycles. The Morgan fingerprint density at radius 2 is 2.07 bits per heavy atom. The van der Waals surface area contributed by atoms with Crippen LogP contribution in [0.1, 0.15) is 12.5 Å². The van der Waals surface area contributed by atoms with Crippen LogP contribution >= 0.6 is 11.8 Å². The Bertz CT molecular complexity index is 1030.